The van der Waals surface area contributed by atoms with Gasteiger partial charge >= 0.3 is 0 Å². The van der Waals surface area contributed by atoms with Crippen molar-refractivity contribution in [2.45, 2.75) is 32.6 Å². The van der Waals surface area contributed by atoms with Gasteiger partial charge in [0, 0.05) is 4.88 Å². The molecule has 7 heteroatoms. The highest BCUT2D eigenvalue weighted by Gasteiger charge is 2.22. The topological polar surface area (TPSA) is 59.1 Å². The number of thiazole rings is 1. The predicted molar refractivity (Wildman–Crippen MR) is 78.3 cm³/mol. The number of nitrogens with one attached hydrogen (secondary N) is 1. The molecule has 4 nitrogen and oxygen atoms in total. The number of aromatic nitrogens is 1. The number of aryl methyl sites for hydroxylation is 4. The summed E-state index contributed by atoms with van der Waals surface area (Å²) in [6, 6.07) is 2.42. The van der Waals surface area contributed by atoms with Crippen LogP contribution in [0.5, 0.6) is 0 Å². The molecular weight excluding hydrogens is 299 g/mol. The average Bonchev–Trinajstić information content (AvgIpc) is 2.54. The second kappa shape index (κ2) is 5.14. The number of sulfonamides is 1. The largest absolute Gasteiger partial charge is 0.264 e. The highest BCUT2D eigenvalue weighted by molar-refractivity contribution is 7.93. The maximum atomic E-state index is 13.3. The summed E-state index contributed by atoms with van der Waals surface area (Å²) in [5, 5.41) is 0.322. The summed E-state index contributed by atoms with van der Waals surface area (Å²) in [5.41, 5.74) is 1.54. The van der Waals surface area contributed by atoms with Crippen molar-refractivity contribution in [1.82, 2.24) is 4.98 Å². The minimum absolute atomic E-state index is 0.101. The Morgan fingerprint density at radius 2 is 1.70 bits per heavy atom. The monoisotopic (exact) mass is 314 g/mol. The third-order valence-corrected chi connectivity index (χ3v) is 5.71. The van der Waals surface area contributed by atoms with Gasteiger partial charge in [0.15, 0.2) is 5.13 Å². The van der Waals surface area contributed by atoms with Gasteiger partial charge in [0.25, 0.3) is 10.0 Å². The Bertz CT molecular complexity index is 724. The maximum Gasteiger partial charge on any atom is 0.264 e. The Hall–Kier alpha value is -1.47. The normalized spacial score (nSPS) is 11.7. The third-order valence-electron chi connectivity index (χ3n) is 2.94. The van der Waals surface area contributed by atoms with Crippen LogP contribution in [-0.2, 0) is 10.0 Å². The van der Waals surface area contributed by atoms with Crippen LogP contribution in [0.15, 0.2) is 17.0 Å². The molecule has 0 radical (unpaired) electrons. The molecule has 0 unspecified atom stereocenters. The van der Waals surface area contributed by atoms with Gasteiger partial charge in [-0.2, -0.15) is 0 Å². The molecule has 0 aliphatic heterocycles. The van der Waals surface area contributed by atoms with E-state index in [1.54, 1.807) is 13.8 Å². The third kappa shape index (κ3) is 2.83. The summed E-state index contributed by atoms with van der Waals surface area (Å²) in [5.74, 6) is -0.445. The number of nitrogens with zero attached hydrogens (tertiary/aromatic N) is 1. The Labute approximate surface area is 121 Å². The molecule has 0 saturated heterocycles. The van der Waals surface area contributed by atoms with Crippen molar-refractivity contribution in [3.8, 4) is 0 Å². The lowest BCUT2D eigenvalue weighted by atomic mass is 10.1. The molecule has 0 spiro atoms. The van der Waals surface area contributed by atoms with Gasteiger partial charge in [0.1, 0.15) is 5.82 Å². The highest BCUT2D eigenvalue weighted by atomic mass is 32.2. The molecule has 2 rings (SSSR count). The van der Waals surface area contributed by atoms with Crippen molar-refractivity contribution >= 4 is 26.5 Å². The van der Waals surface area contributed by atoms with Gasteiger partial charge in [-0.25, -0.2) is 17.8 Å². The number of halogens is 1. The quantitative estimate of drug-likeness (QED) is 0.945. The van der Waals surface area contributed by atoms with Gasteiger partial charge in [-0.15, -0.1) is 11.3 Å². The van der Waals surface area contributed by atoms with Gasteiger partial charge in [-0.1, -0.05) is 0 Å². The first-order chi connectivity index (χ1) is 9.20. The van der Waals surface area contributed by atoms with E-state index in [0.29, 0.717) is 16.3 Å². The number of benzene rings is 1. The SMILES string of the molecule is Cc1cc(F)cc(C)c1S(=O)(=O)Nc1nc(C)c(C)s1. The van der Waals surface area contributed by atoms with Gasteiger partial charge < -0.3 is 0 Å². The van der Waals surface area contributed by atoms with Gasteiger partial charge in [0.05, 0.1) is 10.6 Å². The Morgan fingerprint density at radius 1 is 1.15 bits per heavy atom. The first-order valence-electron chi connectivity index (χ1n) is 5.94. The fraction of sp³-hybridized carbons (Fsp3) is 0.308. The van der Waals surface area contributed by atoms with Crippen LogP contribution in [0, 0.1) is 33.5 Å². The molecule has 0 amide bonds. The van der Waals surface area contributed by atoms with Crippen LogP contribution in [0.4, 0.5) is 9.52 Å². The van der Waals surface area contributed by atoms with Gasteiger partial charge in [-0.3, -0.25) is 4.72 Å². The van der Waals surface area contributed by atoms with Crippen LogP contribution < -0.4 is 4.72 Å². The van der Waals surface area contributed by atoms with E-state index in [0.717, 1.165) is 10.6 Å². The van der Waals surface area contributed by atoms with Crippen molar-refractivity contribution in [3.05, 3.63) is 39.6 Å². The lowest BCUT2D eigenvalue weighted by Gasteiger charge is -2.11. The molecule has 0 aliphatic carbocycles. The molecule has 2 aromatic rings. The molecule has 20 heavy (non-hydrogen) atoms. The molecular formula is C13H15FN2O2S2. The van der Waals surface area contributed by atoms with Crippen LogP contribution in [0.2, 0.25) is 0 Å². The van der Waals surface area contributed by atoms with Crippen molar-refractivity contribution in [1.29, 1.82) is 0 Å². The zero-order valence-corrected chi connectivity index (χ0v) is 13.2. The summed E-state index contributed by atoms with van der Waals surface area (Å²) in [4.78, 5) is 5.21. The van der Waals surface area contributed by atoms with E-state index in [1.165, 1.54) is 23.5 Å². The van der Waals surface area contributed by atoms with Crippen molar-refractivity contribution < 1.29 is 12.8 Å². The van der Waals surface area contributed by atoms with Crippen LogP contribution in [0.3, 0.4) is 0 Å². The molecule has 108 valence electrons. The smallest absolute Gasteiger partial charge is 0.255 e. The molecule has 0 atom stereocenters. The number of anilines is 1. The van der Waals surface area contributed by atoms with E-state index >= 15 is 0 Å². The van der Waals surface area contributed by atoms with E-state index in [4.69, 9.17) is 0 Å². The first-order valence-corrected chi connectivity index (χ1v) is 8.24. The van der Waals surface area contributed by atoms with Crippen molar-refractivity contribution in [3.63, 3.8) is 0 Å². The standard InChI is InChI=1S/C13H15FN2O2S2/c1-7-5-11(14)6-8(2)12(7)20(17,18)16-13-15-9(3)10(4)19-13/h5-6H,1-4H3,(H,15,16). The summed E-state index contributed by atoms with van der Waals surface area (Å²) < 4.78 is 40.5. The lowest BCUT2D eigenvalue weighted by Crippen LogP contribution is -2.15. The van der Waals surface area contributed by atoms with Crippen LogP contribution in [0.1, 0.15) is 21.7 Å². The van der Waals surface area contributed by atoms with E-state index in [9.17, 15) is 12.8 Å². The summed E-state index contributed by atoms with van der Waals surface area (Å²) >= 11 is 1.28. The van der Waals surface area contributed by atoms with E-state index in [2.05, 4.69) is 9.71 Å². The summed E-state index contributed by atoms with van der Waals surface area (Å²) in [6.07, 6.45) is 0. The van der Waals surface area contributed by atoms with Gasteiger partial charge in [0.2, 0.25) is 0 Å². The van der Waals surface area contributed by atoms with E-state index in [-0.39, 0.29) is 4.90 Å². The first kappa shape index (κ1) is 14.9. The zero-order chi connectivity index (χ0) is 15.1. The number of rotatable bonds is 3. The van der Waals surface area contributed by atoms with Crippen molar-refractivity contribution in [2.24, 2.45) is 0 Å². The molecule has 1 N–H and O–H groups in total. The minimum Gasteiger partial charge on any atom is -0.255 e. The Balaban J connectivity index is 2.46. The highest BCUT2D eigenvalue weighted by Crippen LogP contribution is 2.27. The predicted octanol–water partition coefficient (Wildman–Crippen LogP) is 3.32. The fourth-order valence-electron chi connectivity index (χ4n) is 2.00. The van der Waals surface area contributed by atoms with Crippen LogP contribution in [-0.4, -0.2) is 13.4 Å². The second-order valence-corrected chi connectivity index (χ2v) is 7.46. The average molecular weight is 314 g/mol. The number of hydrogen-bond donors (Lipinski definition) is 1. The minimum atomic E-state index is -3.76. The molecule has 0 aliphatic rings. The molecule has 1 aromatic heterocycles. The fourth-order valence-corrected chi connectivity index (χ4v) is 4.51. The molecule has 0 bridgehead atoms. The summed E-state index contributed by atoms with van der Waals surface area (Å²) in [7, 11) is -3.76. The number of hydrogen-bond acceptors (Lipinski definition) is 4. The van der Waals surface area contributed by atoms with Crippen LogP contribution in [0.25, 0.3) is 0 Å². The van der Waals surface area contributed by atoms with Crippen molar-refractivity contribution in [2.75, 3.05) is 4.72 Å². The van der Waals surface area contributed by atoms with Gasteiger partial charge in [-0.05, 0) is 51.0 Å². The van der Waals surface area contributed by atoms with E-state index in [1.807, 2.05) is 13.8 Å². The Kier molecular flexibility index (Phi) is 3.84. The van der Waals surface area contributed by atoms with E-state index < -0.39 is 15.8 Å². The molecule has 1 heterocycles. The lowest BCUT2D eigenvalue weighted by molar-refractivity contribution is 0.597. The Morgan fingerprint density at radius 3 is 2.15 bits per heavy atom. The van der Waals surface area contributed by atoms with Crippen LogP contribution >= 0.6 is 11.3 Å². The summed E-state index contributed by atoms with van der Waals surface area (Å²) in [6.45, 7) is 6.84. The molecule has 0 saturated carbocycles. The second-order valence-electron chi connectivity index (χ2n) is 4.63. The molecule has 0 fully saturated rings. The molecule has 1 aromatic carbocycles. The maximum absolute atomic E-state index is 13.3. The zero-order valence-electron chi connectivity index (χ0n) is 11.6.